The van der Waals surface area contributed by atoms with Gasteiger partial charge in [0.2, 0.25) is 0 Å². The molecule has 112 valence electrons. The topological polar surface area (TPSA) is 55.4 Å². The number of nitrogens with one attached hydrogen (secondary N) is 1. The van der Waals surface area contributed by atoms with Crippen molar-refractivity contribution in [2.45, 2.75) is 12.8 Å². The van der Waals surface area contributed by atoms with Gasteiger partial charge in [0.15, 0.2) is 12.4 Å². The molecule has 0 aliphatic heterocycles. The number of ether oxygens (including phenoxy) is 1. The van der Waals surface area contributed by atoms with Crippen molar-refractivity contribution in [3.05, 3.63) is 59.4 Å². The summed E-state index contributed by atoms with van der Waals surface area (Å²) in [6.45, 7) is -0.193. The van der Waals surface area contributed by atoms with Gasteiger partial charge >= 0.3 is 0 Å². The number of anilines is 1. The molecule has 0 heterocycles. The Hall–Kier alpha value is -2.69. The highest BCUT2D eigenvalue weighted by Gasteiger charge is 2.22. The number of rotatable bonds is 4. The van der Waals surface area contributed by atoms with Crippen LogP contribution in [0.25, 0.3) is 0 Å². The van der Waals surface area contributed by atoms with Gasteiger partial charge in [-0.25, -0.2) is 4.39 Å². The van der Waals surface area contributed by atoms with Gasteiger partial charge in [-0.1, -0.05) is 18.2 Å². The number of fused-ring (bicyclic) bond motifs is 1. The SMILES string of the molecule is O=C(COc1cccc2c1CCC2=O)Nc1cccc(F)c1. The molecule has 0 aromatic heterocycles. The fraction of sp³-hybridized carbons (Fsp3) is 0.176. The van der Waals surface area contributed by atoms with E-state index in [-0.39, 0.29) is 18.3 Å². The first-order valence-corrected chi connectivity index (χ1v) is 6.97. The number of carbonyl (C=O) groups excluding carboxylic acids is 2. The van der Waals surface area contributed by atoms with Crippen LogP contribution in [0.4, 0.5) is 10.1 Å². The van der Waals surface area contributed by atoms with Crippen LogP contribution in [0.3, 0.4) is 0 Å². The fourth-order valence-electron chi connectivity index (χ4n) is 2.50. The zero-order chi connectivity index (χ0) is 15.5. The van der Waals surface area contributed by atoms with Crippen LogP contribution in [-0.4, -0.2) is 18.3 Å². The molecule has 0 saturated carbocycles. The Labute approximate surface area is 126 Å². The van der Waals surface area contributed by atoms with Crippen LogP contribution in [0, 0.1) is 5.82 Å². The molecule has 3 rings (SSSR count). The molecule has 0 atom stereocenters. The second kappa shape index (κ2) is 5.97. The second-order valence-electron chi connectivity index (χ2n) is 5.05. The van der Waals surface area contributed by atoms with Crippen LogP contribution in [-0.2, 0) is 11.2 Å². The fourth-order valence-corrected chi connectivity index (χ4v) is 2.50. The average molecular weight is 299 g/mol. The van der Waals surface area contributed by atoms with Crippen LogP contribution in [0.5, 0.6) is 5.75 Å². The maximum absolute atomic E-state index is 13.0. The van der Waals surface area contributed by atoms with Gasteiger partial charge in [0, 0.05) is 23.2 Å². The minimum atomic E-state index is -0.418. The van der Waals surface area contributed by atoms with E-state index in [1.54, 1.807) is 24.3 Å². The van der Waals surface area contributed by atoms with Crippen molar-refractivity contribution < 1.29 is 18.7 Å². The number of Topliss-reactive ketones (excluding diaryl/α,β-unsaturated/α-hetero) is 1. The smallest absolute Gasteiger partial charge is 0.262 e. The van der Waals surface area contributed by atoms with Gasteiger partial charge < -0.3 is 10.1 Å². The lowest BCUT2D eigenvalue weighted by molar-refractivity contribution is -0.118. The minimum absolute atomic E-state index is 0.102. The summed E-state index contributed by atoms with van der Waals surface area (Å²) in [7, 11) is 0. The van der Waals surface area contributed by atoms with E-state index < -0.39 is 5.82 Å². The van der Waals surface area contributed by atoms with Gasteiger partial charge in [-0.05, 0) is 30.7 Å². The van der Waals surface area contributed by atoms with Gasteiger partial charge in [0.1, 0.15) is 11.6 Å². The highest BCUT2D eigenvalue weighted by Crippen LogP contribution is 2.30. The number of carbonyl (C=O) groups is 2. The lowest BCUT2D eigenvalue weighted by Gasteiger charge is -2.10. The van der Waals surface area contributed by atoms with Crippen LogP contribution in [0.1, 0.15) is 22.3 Å². The van der Waals surface area contributed by atoms with Gasteiger partial charge in [0.05, 0.1) is 0 Å². The first-order valence-electron chi connectivity index (χ1n) is 6.97. The third-order valence-electron chi connectivity index (χ3n) is 3.50. The molecular weight excluding hydrogens is 285 g/mol. The Balaban J connectivity index is 1.64. The van der Waals surface area contributed by atoms with E-state index in [1.165, 1.54) is 18.2 Å². The molecule has 0 spiro atoms. The number of amides is 1. The van der Waals surface area contributed by atoms with Crippen molar-refractivity contribution in [3.63, 3.8) is 0 Å². The molecule has 4 nitrogen and oxygen atoms in total. The Kier molecular flexibility index (Phi) is 3.87. The summed E-state index contributed by atoms with van der Waals surface area (Å²) >= 11 is 0. The van der Waals surface area contributed by atoms with E-state index in [0.717, 1.165) is 5.56 Å². The van der Waals surface area contributed by atoms with E-state index in [4.69, 9.17) is 4.74 Å². The summed E-state index contributed by atoms with van der Waals surface area (Å²) < 4.78 is 18.5. The van der Waals surface area contributed by atoms with E-state index in [2.05, 4.69) is 5.32 Å². The maximum atomic E-state index is 13.0. The van der Waals surface area contributed by atoms with E-state index >= 15 is 0 Å². The monoisotopic (exact) mass is 299 g/mol. The van der Waals surface area contributed by atoms with Crippen LogP contribution < -0.4 is 10.1 Å². The largest absolute Gasteiger partial charge is 0.483 e. The lowest BCUT2D eigenvalue weighted by Crippen LogP contribution is -2.20. The van der Waals surface area contributed by atoms with Gasteiger partial charge in [-0.3, -0.25) is 9.59 Å². The molecule has 1 amide bonds. The highest BCUT2D eigenvalue weighted by atomic mass is 19.1. The highest BCUT2D eigenvalue weighted by molar-refractivity contribution is 6.01. The zero-order valence-corrected chi connectivity index (χ0v) is 11.8. The van der Waals surface area contributed by atoms with Crippen LogP contribution >= 0.6 is 0 Å². The molecule has 22 heavy (non-hydrogen) atoms. The van der Waals surface area contributed by atoms with Crippen LogP contribution in [0.2, 0.25) is 0 Å². The summed E-state index contributed by atoms with van der Waals surface area (Å²) in [6.07, 6.45) is 1.11. The zero-order valence-electron chi connectivity index (χ0n) is 11.8. The molecule has 0 fully saturated rings. The summed E-state index contributed by atoms with van der Waals surface area (Å²) in [6, 6.07) is 10.9. The summed E-state index contributed by atoms with van der Waals surface area (Å²) in [5.41, 5.74) is 1.90. The molecule has 2 aromatic carbocycles. The predicted octanol–water partition coefficient (Wildman–Crippen LogP) is 2.97. The quantitative estimate of drug-likeness (QED) is 0.944. The molecule has 5 heteroatoms. The normalized spacial score (nSPS) is 12.9. The van der Waals surface area contributed by atoms with Crippen molar-refractivity contribution in [2.75, 3.05) is 11.9 Å². The molecule has 0 radical (unpaired) electrons. The van der Waals surface area contributed by atoms with Crippen molar-refractivity contribution in [3.8, 4) is 5.75 Å². The number of benzene rings is 2. The second-order valence-corrected chi connectivity index (χ2v) is 5.05. The maximum Gasteiger partial charge on any atom is 0.262 e. The molecule has 0 bridgehead atoms. The van der Waals surface area contributed by atoms with Crippen molar-refractivity contribution in [1.82, 2.24) is 0 Å². The van der Waals surface area contributed by atoms with Crippen molar-refractivity contribution >= 4 is 17.4 Å². The molecule has 0 saturated heterocycles. The summed E-state index contributed by atoms with van der Waals surface area (Å²) in [4.78, 5) is 23.5. The summed E-state index contributed by atoms with van der Waals surface area (Å²) in [5, 5.41) is 2.56. The Morgan fingerprint density at radius 1 is 1.18 bits per heavy atom. The van der Waals surface area contributed by atoms with E-state index in [1.807, 2.05) is 0 Å². The predicted molar refractivity (Wildman–Crippen MR) is 79.6 cm³/mol. The standard InChI is InChI=1S/C17H14FNO3/c18-11-3-1-4-12(9-11)19-17(21)10-22-16-6-2-5-13-14(16)7-8-15(13)20/h1-6,9H,7-8,10H2,(H,19,21). The Morgan fingerprint density at radius 2 is 2.00 bits per heavy atom. The third kappa shape index (κ3) is 2.98. The summed E-state index contributed by atoms with van der Waals surface area (Å²) in [5.74, 6) is -0.145. The molecule has 0 unspecified atom stereocenters. The third-order valence-corrected chi connectivity index (χ3v) is 3.50. The number of ketones is 1. The average Bonchev–Trinajstić information content (AvgIpc) is 2.87. The molecular formula is C17H14FNO3. The molecule has 1 aliphatic rings. The van der Waals surface area contributed by atoms with Gasteiger partial charge in [-0.15, -0.1) is 0 Å². The Bertz CT molecular complexity index is 742. The lowest BCUT2D eigenvalue weighted by atomic mass is 10.1. The Morgan fingerprint density at radius 3 is 2.82 bits per heavy atom. The minimum Gasteiger partial charge on any atom is -0.483 e. The molecule has 2 aromatic rings. The molecule has 1 aliphatic carbocycles. The first-order chi connectivity index (χ1) is 10.6. The van der Waals surface area contributed by atoms with Crippen LogP contribution in [0.15, 0.2) is 42.5 Å². The van der Waals surface area contributed by atoms with Crippen molar-refractivity contribution in [1.29, 1.82) is 0 Å². The van der Waals surface area contributed by atoms with E-state index in [0.29, 0.717) is 29.8 Å². The van der Waals surface area contributed by atoms with Gasteiger partial charge in [-0.2, -0.15) is 0 Å². The van der Waals surface area contributed by atoms with Crippen molar-refractivity contribution in [2.24, 2.45) is 0 Å². The first kappa shape index (κ1) is 14.3. The number of halogens is 1. The van der Waals surface area contributed by atoms with E-state index in [9.17, 15) is 14.0 Å². The van der Waals surface area contributed by atoms with Gasteiger partial charge in [0.25, 0.3) is 5.91 Å². The molecule has 1 N–H and O–H groups in total. The number of hydrogen-bond donors (Lipinski definition) is 1. The number of hydrogen-bond acceptors (Lipinski definition) is 3.